The Morgan fingerprint density at radius 3 is 2.90 bits per heavy atom. The summed E-state index contributed by atoms with van der Waals surface area (Å²) in [7, 11) is 1.58. The highest BCUT2D eigenvalue weighted by atomic mass is 35.5. The molecule has 2 aromatic carbocycles. The second-order valence-corrected chi connectivity index (χ2v) is 8.23. The van der Waals surface area contributed by atoms with Gasteiger partial charge in [0.25, 0.3) is 0 Å². The van der Waals surface area contributed by atoms with Crippen LogP contribution in [0.1, 0.15) is 11.3 Å². The van der Waals surface area contributed by atoms with Crippen LogP contribution in [-0.4, -0.2) is 24.8 Å². The van der Waals surface area contributed by atoms with Gasteiger partial charge >= 0.3 is 0 Å². The number of anilines is 1. The molecule has 0 fully saturated rings. The van der Waals surface area contributed by atoms with Gasteiger partial charge in [0.05, 0.1) is 36.1 Å². The highest BCUT2D eigenvalue weighted by Crippen LogP contribution is 2.39. The van der Waals surface area contributed by atoms with Crippen LogP contribution in [-0.2, 0) is 17.8 Å². The van der Waals surface area contributed by atoms with Crippen LogP contribution in [0.25, 0.3) is 10.2 Å². The number of carbonyl (C=O) groups excluding carboxylic acids is 1. The fourth-order valence-electron chi connectivity index (χ4n) is 3.36. The summed E-state index contributed by atoms with van der Waals surface area (Å²) in [4.78, 5) is 19.6. The number of rotatable bonds is 6. The summed E-state index contributed by atoms with van der Waals surface area (Å²) in [6.07, 6.45) is 1.74. The van der Waals surface area contributed by atoms with Gasteiger partial charge in [-0.3, -0.25) is 9.69 Å². The Balaban J connectivity index is 1.50. The Kier molecular flexibility index (Phi) is 5.17. The number of thiazole rings is 1. The highest BCUT2D eigenvalue weighted by molar-refractivity contribution is 7.23. The zero-order chi connectivity index (χ0) is 21.4. The largest absolute Gasteiger partial charge is 0.494 e. The molecule has 0 N–H and O–H groups in total. The minimum atomic E-state index is -0.135. The zero-order valence-electron chi connectivity index (χ0n) is 16.5. The first-order valence-corrected chi connectivity index (χ1v) is 10.7. The standard InChI is InChI=1S/C22H17ClN2O5S/c1-27-17-7-5-15(23)21-20(17)24-22(31-21)25(11-14-3-2-8-28-14)19(26)10-13-4-6-16-18(9-13)30-12-29-16/h2-9H,10-12H2,1H3. The summed E-state index contributed by atoms with van der Waals surface area (Å²) in [5, 5.41) is 1.07. The summed E-state index contributed by atoms with van der Waals surface area (Å²) < 4.78 is 22.4. The Bertz CT molecular complexity index is 1250. The molecule has 0 saturated carbocycles. The van der Waals surface area contributed by atoms with Crippen LogP contribution in [0, 0.1) is 0 Å². The van der Waals surface area contributed by atoms with E-state index >= 15 is 0 Å². The Morgan fingerprint density at radius 2 is 2.10 bits per heavy atom. The number of hydrogen-bond acceptors (Lipinski definition) is 7. The van der Waals surface area contributed by atoms with Gasteiger partial charge in [-0.1, -0.05) is 29.0 Å². The number of benzene rings is 2. The molecule has 7 nitrogen and oxygen atoms in total. The lowest BCUT2D eigenvalue weighted by atomic mass is 10.1. The van der Waals surface area contributed by atoms with Crippen molar-refractivity contribution in [2.45, 2.75) is 13.0 Å². The summed E-state index contributed by atoms with van der Waals surface area (Å²) in [6, 6.07) is 12.6. The number of halogens is 1. The minimum absolute atomic E-state index is 0.135. The van der Waals surface area contributed by atoms with Crippen LogP contribution in [0.2, 0.25) is 5.02 Å². The van der Waals surface area contributed by atoms with Gasteiger partial charge in [-0.05, 0) is 42.0 Å². The van der Waals surface area contributed by atoms with Crippen molar-refractivity contribution < 1.29 is 23.4 Å². The maximum atomic E-state index is 13.4. The van der Waals surface area contributed by atoms with Gasteiger partial charge < -0.3 is 18.6 Å². The van der Waals surface area contributed by atoms with Crippen molar-refractivity contribution >= 4 is 44.2 Å². The topological polar surface area (TPSA) is 74.0 Å². The molecule has 0 aliphatic carbocycles. The first-order valence-electron chi connectivity index (χ1n) is 9.46. The van der Waals surface area contributed by atoms with E-state index < -0.39 is 0 Å². The smallest absolute Gasteiger partial charge is 0.233 e. The number of carbonyl (C=O) groups is 1. The average molecular weight is 457 g/mol. The summed E-state index contributed by atoms with van der Waals surface area (Å²) in [6.45, 7) is 0.432. The van der Waals surface area contributed by atoms with Crippen molar-refractivity contribution in [3.8, 4) is 17.2 Å². The molecule has 0 radical (unpaired) electrons. The molecule has 4 aromatic rings. The van der Waals surface area contributed by atoms with Crippen LogP contribution in [0.4, 0.5) is 5.13 Å². The molecular weight excluding hydrogens is 440 g/mol. The molecule has 31 heavy (non-hydrogen) atoms. The van der Waals surface area contributed by atoms with Crippen LogP contribution >= 0.6 is 22.9 Å². The summed E-state index contributed by atoms with van der Waals surface area (Å²) in [5.74, 6) is 2.43. The van der Waals surface area contributed by atoms with Crippen molar-refractivity contribution in [3.63, 3.8) is 0 Å². The van der Waals surface area contributed by atoms with Gasteiger partial charge in [0, 0.05) is 0 Å². The SMILES string of the molecule is COc1ccc(Cl)c2sc(N(Cc3ccco3)C(=O)Cc3ccc4c(c3)OCO4)nc12. The normalized spacial score (nSPS) is 12.3. The quantitative estimate of drug-likeness (QED) is 0.404. The maximum absolute atomic E-state index is 13.4. The molecule has 3 heterocycles. The molecular formula is C22H17ClN2O5S. The van der Waals surface area contributed by atoms with Crippen molar-refractivity contribution in [2.24, 2.45) is 0 Å². The van der Waals surface area contributed by atoms with Crippen molar-refractivity contribution in [1.29, 1.82) is 0 Å². The first kappa shape index (κ1) is 19.7. The molecule has 1 amide bonds. The number of ether oxygens (including phenoxy) is 3. The monoisotopic (exact) mass is 456 g/mol. The number of furan rings is 1. The van der Waals surface area contributed by atoms with E-state index in [1.807, 2.05) is 24.3 Å². The van der Waals surface area contributed by atoms with E-state index in [0.717, 1.165) is 10.3 Å². The molecule has 0 bridgehead atoms. The van der Waals surface area contributed by atoms with E-state index in [4.69, 9.17) is 30.2 Å². The van der Waals surface area contributed by atoms with E-state index in [2.05, 4.69) is 4.98 Å². The molecule has 1 aliphatic heterocycles. The van der Waals surface area contributed by atoms with Gasteiger partial charge in [0.15, 0.2) is 16.6 Å². The van der Waals surface area contributed by atoms with E-state index in [-0.39, 0.29) is 25.7 Å². The molecule has 0 unspecified atom stereocenters. The van der Waals surface area contributed by atoms with Gasteiger partial charge in [-0.15, -0.1) is 0 Å². The van der Waals surface area contributed by atoms with Gasteiger partial charge in [-0.2, -0.15) is 0 Å². The van der Waals surface area contributed by atoms with Crippen LogP contribution < -0.4 is 19.1 Å². The van der Waals surface area contributed by atoms with Gasteiger partial charge in [0.2, 0.25) is 12.7 Å². The minimum Gasteiger partial charge on any atom is -0.494 e. The molecule has 0 saturated heterocycles. The number of hydrogen-bond donors (Lipinski definition) is 0. The number of fused-ring (bicyclic) bond motifs is 2. The number of methoxy groups -OCH3 is 1. The molecule has 0 atom stereocenters. The summed E-state index contributed by atoms with van der Waals surface area (Å²) >= 11 is 7.72. The number of amides is 1. The van der Waals surface area contributed by atoms with Crippen LogP contribution in [0.3, 0.4) is 0 Å². The van der Waals surface area contributed by atoms with Crippen LogP contribution in [0.15, 0.2) is 53.1 Å². The lowest BCUT2D eigenvalue weighted by Crippen LogP contribution is -2.31. The van der Waals surface area contributed by atoms with E-state index in [9.17, 15) is 4.79 Å². The Hall–Kier alpha value is -3.23. The third kappa shape index (κ3) is 3.80. The number of aromatic nitrogens is 1. The predicted octanol–water partition coefficient (Wildman–Crippen LogP) is 5.06. The molecule has 9 heteroatoms. The first-order chi connectivity index (χ1) is 15.1. The van der Waals surface area contributed by atoms with E-state index in [1.54, 1.807) is 36.5 Å². The average Bonchev–Trinajstić information content (AvgIpc) is 3.52. The third-order valence-corrected chi connectivity index (χ3v) is 6.42. The third-order valence-electron chi connectivity index (χ3n) is 4.89. The number of nitrogens with zero attached hydrogens (tertiary/aromatic N) is 2. The van der Waals surface area contributed by atoms with Crippen LogP contribution in [0.5, 0.6) is 17.2 Å². The van der Waals surface area contributed by atoms with Gasteiger partial charge in [-0.25, -0.2) is 4.98 Å². The second kappa shape index (κ2) is 8.13. The van der Waals surface area contributed by atoms with E-state index in [0.29, 0.717) is 38.7 Å². The second-order valence-electron chi connectivity index (χ2n) is 6.85. The molecule has 1 aliphatic rings. The molecule has 2 aromatic heterocycles. The predicted molar refractivity (Wildman–Crippen MR) is 117 cm³/mol. The van der Waals surface area contributed by atoms with E-state index in [1.165, 1.54) is 11.3 Å². The lowest BCUT2D eigenvalue weighted by molar-refractivity contribution is -0.118. The molecule has 158 valence electrons. The fraction of sp³-hybridized carbons (Fsp3) is 0.182. The van der Waals surface area contributed by atoms with Crippen molar-refractivity contribution in [2.75, 3.05) is 18.8 Å². The Labute approximate surface area is 186 Å². The zero-order valence-corrected chi connectivity index (χ0v) is 18.0. The lowest BCUT2D eigenvalue weighted by Gasteiger charge is -2.19. The Morgan fingerprint density at radius 1 is 1.23 bits per heavy atom. The van der Waals surface area contributed by atoms with Crippen molar-refractivity contribution in [1.82, 2.24) is 4.98 Å². The maximum Gasteiger partial charge on any atom is 0.233 e. The molecule has 0 spiro atoms. The fourth-order valence-corrected chi connectivity index (χ4v) is 4.64. The molecule has 5 rings (SSSR count). The van der Waals surface area contributed by atoms with Crippen molar-refractivity contribution in [3.05, 3.63) is 65.1 Å². The van der Waals surface area contributed by atoms with Gasteiger partial charge in [0.1, 0.15) is 17.0 Å². The highest BCUT2D eigenvalue weighted by Gasteiger charge is 2.24. The summed E-state index contributed by atoms with van der Waals surface area (Å²) in [5.41, 5.74) is 1.44.